The summed E-state index contributed by atoms with van der Waals surface area (Å²) in [5, 5.41) is 5.89. The lowest BCUT2D eigenvalue weighted by atomic mass is 10.1. The smallest absolute Gasteiger partial charge is 0.352 e. The summed E-state index contributed by atoms with van der Waals surface area (Å²) in [6.45, 7) is 4.20. The second-order valence-electron chi connectivity index (χ2n) is 6.56. The Morgan fingerprint density at radius 1 is 1.03 bits per heavy atom. The van der Waals surface area contributed by atoms with Crippen LogP contribution in [0.15, 0.2) is 42.6 Å². The van der Waals surface area contributed by atoms with Crippen LogP contribution in [0.1, 0.15) is 25.1 Å². The highest BCUT2D eigenvalue weighted by Gasteiger charge is 2.32. The Morgan fingerprint density at radius 3 is 2.48 bits per heavy atom. The summed E-state index contributed by atoms with van der Waals surface area (Å²) in [6, 6.07) is 9.75. The number of hydrogen-bond acceptors (Lipinski definition) is 7. The van der Waals surface area contributed by atoms with Crippen molar-refractivity contribution in [3.05, 3.63) is 53.9 Å². The quantitative estimate of drug-likeness (QED) is 0.572. The summed E-state index contributed by atoms with van der Waals surface area (Å²) < 4.78 is 38.8. The highest BCUT2D eigenvalue weighted by Crippen LogP contribution is 2.29. The lowest BCUT2D eigenvalue weighted by Gasteiger charge is -2.13. The largest absolute Gasteiger partial charge is 0.433 e. The van der Waals surface area contributed by atoms with E-state index in [0.29, 0.717) is 18.3 Å². The van der Waals surface area contributed by atoms with Gasteiger partial charge in [0.15, 0.2) is 5.82 Å². The molecular weight excluding hydrogens is 383 g/mol. The fourth-order valence-electron chi connectivity index (χ4n) is 2.51. The normalized spacial score (nSPS) is 11.6. The van der Waals surface area contributed by atoms with Crippen LogP contribution in [0.2, 0.25) is 0 Å². The number of anilines is 3. The number of benzene rings is 1. The fourth-order valence-corrected chi connectivity index (χ4v) is 2.51. The summed E-state index contributed by atoms with van der Waals surface area (Å²) in [5.74, 6) is 0.775. The predicted octanol–water partition coefficient (Wildman–Crippen LogP) is 3.98. The molecule has 0 unspecified atom stereocenters. The molecule has 1 aromatic carbocycles. The van der Waals surface area contributed by atoms with E-state index in [0.717, 1.165) is 23.4 Å². The van der Waals surface area contributed by atoms with E-state index < -0.39 is 11.9 Å². The summed E-state index contributed by atoms with van der Waals surface area (Å²) in [5.41, 5.74) is 6.48. The van der Waals surface area contributed by atoms with Crippen LogP contribution in [0, 0.1) is 0 Å². The molecule has 0 aliphatic rings. The van der Waals surface area contributed by atoms with Gasteiger partial charge < -0.3 is 16.4 Å². The summed E-state index contributed by atoms with van der Waals surface area (Å²) in [4.78, 5) is 16.4. The van der Waals surface area contributed by atoms with Crippen molar-refractivity contribution in [1.29, 1.82) is 0 Å². The van der Waals surface area contributed by atoms with Crippen LogP contribution in [0.4, 0.5) is 30.8 Å². The molecule has 0 fully saturated rings. The van der Waals surface area contributed by atoms with Gasteiger partial charge in [-0.2, -0.15) is 28.1 Å². The SMILES string of the molecule is CC(C)Nc1nc(Nc2ccnc(C(F)(F)F)c2)nc(-c2cccc(CN)c2)n1. The van der Waals surface area contributed by atoms with Crippen molar-refractivity contribution >= 4 is 17.6 Å². The standard InChI is InChI=1S/C19H20F3N7/c1-11(2)25-17-27-16(13-5-3-4-12(8-13)10-23)28-18(29-17)26-14-6-7-24-15(9-14)19(20,21)22/h3-9,11H,10,23H2,1-2H3,(H2,24,25,26,27,28,29). The Balaban J connectivity index is 1.99. The first-order chi connectivity index (χ1) is 13.7. The predicted molar refractivity (Wildman–Crippen MR) is 104 cm³/mol. The fraction of sp³-hybridized carbons (Fsp3) is 0.263. The third-order valence-corrected chi connectivity index (χ3v) is 3.78. The van der Waals surface area contributed by atoms with E-state index in [1.807, 2.05) is 38.1 Å². The Kier molecular flexibility index (Phi) is 5.92. The number of alkyl halides is 3. The molecule has 10 heteroatoms. The van der Waals surface area contributed by atoms with Gasteiger partial charge in [0, 0.05) is 30.0 Å². The Hall–Kier alpha value is -3.27. The second kappa shape index (κ2) is 8.39. The molecule has 0 aliphatic carbocycles. The molecule has 29 heavy (non-hydrogen) atoms. The van der Waals surface area contributed by atoms with Crippen molar-refractivity contribution in [2.24, 2.45) is 5.73 Å². The molecule has 0 bridgehead atoms. The van der Waals surface area contributed by atoms with Crippen LogP contribution in [-0.2, 0) is 12.7 Å². The molecule has 7 nitrogen and oxygen atoms in total. The van der Waals surface area contributed by atoms with Gasteiger partial charge in [0.25, 0.3) is 0 Å². The van der Waals surface area contributed by atoms with Gasteiger partial charge in [0.2, 0.25) is 11.9 Å². The molecule has 0 amide bonds. The summed E-state index contributed by atoms with van der Waals surface area (Å²) in [6.07, 6.45) is -3.47. The van der Waals surface area contributed by atoms with Gasteiger partial charge in [-0.3, -0.25) is 4.98 Å². The molecule has 4 N–H and O–H groups in total. The molecule has 3 aromatic rings. The third-order valence-electron chi connectivity index (χ3n) is 3.78. The second-order valence-corrected chi connectivity index (χ2v) is 6.56. The van der Waals surface area contributed by atoms with Crippen LogP contribution in [0.3, 0.4) is 0 Å². The minimum absolute atomic E-state index is 0.0474. The first kappa shape index (κ1) is 20.5. The molecule has 2 aromatic heterocycles. The van der Waals surface area contributed by atoms with Crippen molar-refractivity contribution in [1.82, 2.24) is 19.9 Å². The van der Waals surface area contributed by atoms with Gasteiger partial charge in [-0.25, -0.2) is 0 Å². The number of nitrogens with two attached hydrogens (primary N) is 1. The number of rotatable bonds is 6. The van der Waals surface area contributed by atoms with Gasteiger partial charge >= 0.3 is 6.18 Å². The highest BCUT2D eigenvalue weighted by atomic mass is 19.4. The van der Waals surface area contributed by atoms with E-state index in [9.17, 15) is 13.2 Å². The van der Waals surface area contributed by atoms with E-state index in [-0.39, 0.29) is 17.7 Å². The zero-order valence-corrected chi connectivity index (χ0v) is 15.8. The molecule has 2 heterocycles. The van der Waals surface area contributed by atoms with Crippen LogP contribution < -0.4 is 16.4 Å². The van der Waals surface area contributed by atoms with Crippen LogP contribution in [0.5, 0.6) is 0 Å². The van der Waals surface area contributed by atoms with E-state index >= 15 is 0 Å². The van der Waals surface area contributed by atoms with Crippen molar-refractivity contribution in [2.75, 3.05) is 10.6 Å². The maximum atomic E-state index is 12.9. The Bertz CT molecular complexity index is 990. The Morgan fingerprint density at radius 2 is 1.79 bits per heavy atom. The van der Waals surface area contributed by atoms with E-state index in [1.54, 1.807) is 0 Å². The maximum Gasteiger partial charge on any atom is 0.433 e. The van der Waals surface area contributed by atoms with E-state index in [2.05, 4.69) is 30.6 Å². The summed E-state index contributed by atoms with van der Waals surface area (Å²) >= 11 is 0. The van der Waals surface area contributed by atoms with Gasteiger partial charge in [-0.15, -0.1) is 0 Å². The van der Waals surface area contributed by atoms with Crippen LogP contribution in [-0.4, -0.2) is 26.0 Å². The number of pyridine rings is 1. The number of nitrogens with zero attached hydrogens (tertiary/aromatic N) is 4. The van der Waals surface area contributed by atoms with Crippen molar-refractivity contribution < 1.29 is 13.2 Å². The average molecular weight is 403 g/mol. The van der Waals surface area contributed by atoms with Gasteiger partial charge in [0.05, 0.1) is 0 Å². The monoisotopic (exact) mass is 403 g/mol. The first-order valence-corrected chi connectivity index (χ1v) is 8.87. The van der Waals surface area contributed by atoms with E-state index in [4.69, 9.17) is 5.73 Å². The summed E-state index contributed by atoms with van der Waals surface area (Å²) in [7, 11) is 0. The molecule has 0 radical (unpaired) electrons. The molecule has 152 valence electrons. The van der Waals surface area contributed by atoms with E-state index in [1.165, 1.54) is 6.07 Å². The van der Waals surface area contributed by atoms with Crippen LogP contribution >= 0.6 is 0 Å². The minimum Gasteiger partial charge on any atom is -0.352 e. The highest BCUT2D eigenvalue weighted by molar-refractivity contribution is 5.61. The van der Waals surface area contributed by atoms with Crippen molar-refractivity contribution in [3.63, 3.8) is 0 Å². The van der Waals surface area contributed by atoms with Gasteiger partial charge in [-0.05, 0) is 37.6 Å². The zero-order valence-electron chi connectivity index (χ0n) is 15.8. The van der Waals surface area contributed by atoms with Gasteiger partial charge in [0.1, 0.15) is 5.69 Å². The lowest BCUT2D eigenvalue weighted by Crippen LogP contribution is -2.14. The molecule has 0 aliphatic heterocycles. The molecule has 3 rings (SSSR count). The molecule has 0 atom stereocenters. The van der Waals surface area contributed by atoms with Gasteiger partial charge in [-0.1, -0.05) is 18.2 Å². The van der Waals surface area contributed by atoms with Crippen molar-refractivity contribution in [2.45, 2.75) is 32.6 Å². The zero-order chi connectivity index (χ0) is 21.0. The number of aromatic nitrogens is 4. The first-order valence-electron chi connectivity index (χ1n) is 8.87. The van der Waals surface area contributed by atoms with Crippen LogP contribution in [0.25, 0.3) is 11.4 Å². The molecule has 0 spiro atoms. The maximum absolute atomic E-state index is 12.9. The molecule has 0 saturated heterocycles. The molecule has 0 saturated carbocycles. The average Bonchev–Trinajstić information content (AvgIpc) is 2.67. The number of nitrogens with one attached hydrogen (secondary N) is 2. The van der Waals surface area contributed by atoms with Crippen molar-refractivity contribution in [3.8, 4) is 11.4 Å². The number of halogens is 3. The minimum atomic E-state index is -4.55. The third kappa shape index (κ3) is 5.38. The lowest BCUT2D eigenvalue weighted by molar-refractivity contribution is -0.141. The Labute approximate surface area is 165 Å². The number of hydrogen-bond donors (Lipinski definition) is 3. The molecular formula is C19H20F3N7. The topological polar surface area (TPSA) is 102 Å².